The van der Waals surface area contributed by atoms with Gasteiger partial charge >= 0.3 is 0 Å². The monoisotopic (exact) mass is 417 g/mol. The number of aliphatic hydroxyl groups excluding tert-OH is 1. The van der Waals surface area contributed by atoms with Crippen molar-refractivity contribution in [1.82, 2.24) is 14.9 Å². The van der Waals surface area contributed by atoms with Crippen molar-refractivity contribution in [2.24, 2.45) is 11.8 Å². The maximum Gasteiger partial charge on any atom is 0.260 e. The lowest BCUT2D eigenvalue weighted by atomic mass is 10.1. The number of aliphatic hydroxyl groups is 1. The van der Waals surface area contributed by atoms with Crippen LogP contribution in [0.5, 0.6) is 0 Å². The number of nitrogens with one attached hydrogen (secondary N) is 1. The molecule has 2 aromatic heterocycles. The van der Waals surface area contributed by atoms with Gasteiger partial charge in [-0.3, -0.25) is 9.69 Å². The Kier molecular flexibility index (Phi) is 6.82. The van der Waals surface area contributed by atoms with Crippen LogP contribution in [0, 0.1) is 17.7 Å². The van der Waals surface area contributed by atoms with Gasteiger partial charge < -0.3 is 10.1 Å². The normalized spacial score (nSPS) is 13.1. The van der Waals surface area contributed by atoms with E-state index in [-0.39, 0.29) is 17.3 Å². The maximum absolute atomic E-state index is 14.2. The Morgan fingerprint density at radius 1 is 1.17 bits per heavy atom. The predicted molar refractivity (Wildman–Crippen MR) is 117 cm³/mol. The summed E-state index contributed by atoms with van der Waals surface area (Å²) in [4.78, 5) is 23.0. The highest BCUT2D eigenvalue weighted by molar-refractivity contribution is 7.17. The molecule has 29 heavy (non-hydrogen) atoms. The second kappa shape index (κ2) is 9.15. The number of hydrogen-bond donors (Lipinski definition) is 2. The molecule has 0 aliphatic rings. The molecule has 1 aromatic carbocycles. The number of rotatable bonds is 8. The van der Waals surface area contributed by atoms with Gasteiger partial charge in [0.1, 0.15) is 16.5 Å². The summed E-state index contributed by atoms with van der Waals surface area (Å²) >= 11 is 1.34. The highest BCUT2D eigenvalue weighted by Crippen LogP contribution is 2.32. The summed E-state index contributed by atoms with van der Waals surface area (Å²) in [5.74, 6) is 0.765. The lowest BCUT2D eigenvalue weighted by Crippen LogP contribution is -2.37. The van der Waals surface area contributed by atoms with Crippen LogP contribution >= 0.6 is 11.3 Å². The van der Waals surface area contributed by atoms with Gasteiger partial charge in [0.05, 0.1) is 18.0 Å². The maximum atomic E-state index is 14.2. The van der Waals surface area contributed by atoms with Crippen molar-refractivity contribution in [2.75, 3.05) is 13.1 Å². The molecule has 3 aromatic rings. The molecule has 5 nitrogen and oxygen atoms in total. The number of hydrogen-bond acceptors (Lipinski definition) is 5. The van der Waals surface area contributed by atoms with E-state index in [1.807, 2.05) is 13.8 Å². The summed E-state index contributed by atoms with van der Waals surface area (Å²) in [6.07, 6.45) is -0.446. The number of thiophene rings is 1. The van der Waals surface area contributed by atoms with Crippen LogP contribution in [-0.2, 0) is 6.54 Å². The minimum atomic E-state index is -0.446. The average molecular weight is 418 g/mol. The van der Waals surface area contributed by atoms with Crippen LogP contribution in [0.15, 0.2) is 34.4 Å². The van der Waals surface area contributed by atoms with Gasteiger partial charge in [-0.2, -0.15) is 0 Å². The average Bonchev–Trinajstić information content (AvgIpc) is 3.05. The van der Waals surface area contributed by atoms with E-state index in [0.717, 1.165) is 6.54 Å². The molecule has 0 radical (unpaired) electrons. The third kappa shape index (κ3) is 5.10. The Balaban J connectivity index is 1.93. The molecule has 1 atom stereocenters. The molecule has 156 valence electrons. The van der Waals surface area contributed by atoms with Gasteiger partial charge in [0, 0.05) is 29.6 Å². The molecule has 0 bridgehead atoms. The summed E-state index contributed by atoms with van der Waals surface area (Å²) in [5.41, 5.74) is 0.705. The number of aromatic nitrogens is 2. The number of aromatic amines is 1. The summed E-state index contributed by atoms with van der Waals surface area (Å²) in [6, 6.07) is 6.44. The number of benzene rings is 1. The van der Waals surface area contributed by atoms with E-state index >= 15 is 0 Å². The van der Waals surface area contributed by atoms with Crippen LogP contribution in [0.4, 0.5) is 4.39 Å². The second-order valence-electron chi connectivity index (χ2n) is 8.22. The van der Waals surface area contributed by atoms with Crippen LogP contribution in [0.25, 0.3) is 21.3 Å². The number of fused-ring (bicyclic) bond motifs is 1. The summed E-state index contributed by atoms with van der Waals surface area (Å²) in [6.45, 7) is 9.96. The quantitative estimate of drug-likeness (QED) is 0.574. The van der Waals surface area contributed by atoms with Crippen molar-refractivity contribution in [3.63, 3.8) is 0 Å². The fourth-order valence-electron chi connectivity index (χ4n) is 3.35. The van der Waals surface area contributed by atoms with Gasteiger partial charge in [0.15, 0.2) is 0 Å². The molecule has 2 N–H and O–H groups in total. The number of halogens is 1. The topological polar surface area (TPSA) is 69.2 Å². The molecule has 2 heterocycles. The highest BCUT2D eigenvalue weighted by Gasteiger charge is 2.19. The Labute approximate surface area is 174 Å². The summed E-state index contributed by atoms with van der Waals surface area (Å²) in [5, 5.41) is 12.5. The van der Waals surface area contributed by atoms with Gasteiger partial charge in [-0.1, -0.05) is 45.9 Å². The first-order valence-electron chi connectivity index (χ1n) is 9.92. The van der Waals surface area contributed by atoms with E-state index in [4.69, 9.17) is 0 Å². The Bertz CT molecular complexity index is 1030. The predicted octanol–water partition coefficient (Wildman–Crippen LogP) is 4.27. The Hall–Kier alpha value is -2.09. The second-order valence-corrected chi connectivity index (χ2v) is 9.08. The van der Waals surface area contributed by atoms with Gasteiger partial charge in [0.2, 0.25) is 0 Å². The molecule has 0 amide bonds. The largest absolute Gasteiger partial charge is 0.392 e. The molecule has 7 heteroatoms. The molecule has 1 unspecified atom stereocenters. The molecule has 0 aliphatic heterocycles. The van der Waals surface area contributed by atoms with Crippen LogP contribution in [0.3, 0.4) is 0 Å². The van der Waals surface area contributed by atoms with Crippen molar-refractivity contribution >= 4 is 21.6 Å². The fraction of sp³-hybridized carbons (Fsp3) is 0.455. The minimum Gasteiger partial charge on any atom is -0.392 e. The van der Waals surface area contributed by atoms with Crippen LogP contribution in [-0.4, -0.2) is 39.2 Å². The molecule has 0 saturated heterocycles. The third-order valence-corrected chi connectivity index (χ3v) is 5.74. The van der Waals surface area contributed by atoms with Gasteiger partial charge in [-0.05, 0) is 17.9 Å². The van der Waals surface area contributed by atoms with E-state index in [9.17, 15) is 14.3 Å². The molecule has 3 rings (SSSR count). The lowest BCUT2D eigenvalue weighted by Gasteiger charge is -2.27. The first-order chi connectivity index (χ1) is 13.8. The molecule has 0 saturated carbocycles. The smallest absolute Gasteiger partial charge is 0.260 e. The van der Waals surface area contributed by atoms with E-state index in [1.54, 1.807) is 23.6 Å². The van der Waals surface area contributed by atoms with Gasteiger partial charge in [0.25, 0.3) is 5.56 Å². The molecule has 0 aliphatic carbocycles. The fourth-order valence-corrected chi connectivity index (χ4v) is 4.31. The number of H-pyrrole nitrogens is 1. The van der Waals surface area contributed by atoms with Crippen molar-refractivity contribution in [3.05, 3.63) is 51.6 Å². The zero-order chi connectivity index (χ0) is 21.1. The van der Waals surface area contributed by atoms with Crippen LogP contribution in [0.2, 0.25) is 0 Å². The van der Waals surface area contributed by atoms with Crippen LogP contribution in [0.1, 0.15) is 33.5 Å². The van der Waals surface area contributed by atoms with Crippen molar-refractivity contribution in [1.29, 1.82) is 0 Å². The first-order valence-corrected chi connectivity index (χ1v) is 10.8. The zero-order valence-electron chi connectivity index (χ0n) is 17.3. The molecule has 0 fully saturated rings. The lowest BCUT2D eigenvalue weighted by molar-refractivity contribution is 0.0671. The van der Waals surface area contributed by atoms with Crippen molar-refractivity contribution in [3.8, 4) is 11.1 Å². The SMILES string of the molecule is CC(C)CN(Cc1nc2scc(-c3ccccc3F)c2c(=O)[nH]1)CC(O)C(C)C. The highest BCUT2D eigenvalue weighted by atomic mass is 32.1. The number of nitrogens with zero attached hydrogens (tertiary/aromatic N) is 2. The molecule has 0 spiro atoms. The standard InChI is InChI=1S/C22H28FN3O2S/c1-13(2)9-26(10-18(27)14(3)4)11-19-24-21(28)20-16(12-29-22(20)25-19)15-7-5-6-8-17(15)23/h5-8,12-14,18,27H,9-11H2,1-4H3,(H,24,25,28). The van der Waals surface area contributed by atoms with E-state index in [0.29, 0.717) is 46.2 Å². The van der Waals surface area contributed by atoms with E-state index in [1.165, 1.54) is 17.4 Å². The zero-order valence-corrected chi connectivity index (χ0v) is 18.1. The minimum absolute atomic E-state index is 0.153. The van der Waals surface area contributed by atoms with Gasteiger partial charge in [-0.25, -0.2) is 9.37 Å². The first kappa shape index (κ1) is 21.6. The Morgan fingerprint density at radius 3 is 2.55 bits per heavy atom. The molecular weight excluding hydrogens is 389 g/mol. The van der Waals surface area contributed by atoms with E-state index in [2.05, 4.69) is 28.7 Å². The Morgan fingerprint density at radius 2 is 1.90 bits per heavy atom. The van der Waals surface area contributed by atoms with Crippen LogP contribution < -0.4 is 5.56 Å². The van der Waals surface area contributed by atoms with E-state index < -0.39 is 6.10 Å². The summed E-state index contributed by atoms with van der Waals surface area (Å²) in [7, 11) is 0. The van der Waals surface area contributed by atoms with Gasteiger partial charge in [-0.15, -0.1) is 11.3 Å². The third-order valence-electron chi connectivity index (χ3n) is 4.87. The van der Waals surface area contributed by atoms with Crippen molar-refractivity contribution in [2.45, 2.75) is 40.3 Å². The summed E-state index contributed by atoms with van der Waals surface area (Å²) < 4.78 is 14.2. The van der Waals surface area contributed by atoms with Crippen molar-refractivity contribution < 1.29 is 9.50 Å². The molecular formula is C22H28FN3O2S.